The highest BCUT2D eigenvalue weighted by Crippen LogP contribution is 2.26. The summed E-state index contributed by atoms with van der Waals surface area (Å²) in [6.45, 7) is 4.74. The maximum atomic E-state index is 13.6. The van der Waals surface area contributed by atoms with E-state index in [9.17, 15) is 9.18 Å². The van der Waals surface area contributed by atoms with Crippen molar-refractivity contribution in [3.63, 3.8) is 0 Å². The zero-order valence-electron chi connectivity index (χ0n) is 15.8. The third-order valence-electron chi connectivity index (χ3n) is 5.18. The van der Waals surface area contributed by atoms with Crippen molar-refractivity contribution in [1.82, 2.24) is 14.7 Å². The Bertz CT molecular complexity index is 807. The van der Waals surface area contributed by atoms with Gasteiger partial charge in [-0.1, -0.05) is 23.7 Å². The molecule has 1 amide bonds. The van der Waals surface area contributed by atoms with Gasteiger partial charge in [0.2, 0.25) is 5.91 Å². The Kier molecular flexibility index (Phi) is 6.50. The van der Waals surface area contributed by atoms with Gasteiger partial charge in [-0.05, 0) is 50.8 Å². The summed E-state index contributed by atoms with van der Waals surface area (Å²) in [5.41, 5.74) is 2.29. The van der Waals surface area contributed by atoms with Crippen molar-refractivity contribution < 1.29 is 9.18 Å². The summed E-state index contributed by atoms with van der Waals surface area (Å²) >= 11 is 6.35. The Morgan fingerprint density at radius 2 is 2.19 bits per heavy atom. The van der Waals surface area contributed by atoms with E-state index in [2.05, 4.69) is 15.3 Å². The number of anilines is 1. The summed E-state index contributed by atoms with van der Waals surface area (Å²) in [5, 5.41) is 7.73. The predicted molar refractivity (Wildman–Crippen MR) is 105 cm³/mol. The summed E-state index contributed by atoms with van der Waals surface area (Å²) in [5.74, 6) is -0.0809. The molecule has 0 spiro atoms. The van der Waals surface area contributed by atoms with Crippen LogP contribution in [0.4, 0.5) is 10.1 Å². The average Bonchev–Trinajstić information content (AvgIpc) is 2.88. The van der Waals surface area contributed by atoms with Gasteiger partial charge in [0.05, 0.1) is 11.4 Å². The highest BCUT2D eigenvalue weighted by molar-refractivity contribution is 6.30. The van der Waals surface area contributed by atoms with Crippen molar-refractivity contribution >= 4 is 23.2 Å². The number of carbonyl (C=O) groups excluding carboxylic acids is 1. The van der Waals surface area contributed by atoms with Crippen LogP contribution >= 0.6 is 11.6 Å². The van der Waals surface area contributed by atoms with E-state index in [4.69, 9.17) is 11.6 Å². The number of carbonyl (C=O) groups is 1. The number of piperidine rings is 1. The normalized spacial score (nSPS) is 17.9. The van der Waals surface area contributed by atoms with Crippen LogP contribution in [0.25, 0.3) is 0 Å². The highest BCUT2D eigenvalue weighted by Gasteiger charge is 2.23. The summed E-state index contributed by atoms with van der Waals surface area (Å²) in [7, 11) is 1.85. The van der Waals surface area contributed by atoms with Gasteiger partial charge in [-0.15, -0.1) is 0 Å². The molecule has 2 aromatic rings. The largest absolute Gasteiger partial charge is 0.324 e. The van der Waals surface area contributed by atoms with Gasteiger partial charge in [-0.2, -0.15) is 5.10 Å². The van der Waals surface area contributed by atoms with Gasteiger partial charge in [0.25, 0.3) is 0 Å². The van der Waals surface area contributed by atoms with Crippen LogP contribution in [0.1, 0.15) is 36.9 Å². The van der Waals surface area contributed by atoms with Crippen molar-refractivity contribution in [2.75, 3.05) is 18.4 Å². The lowest BCUT2D eigenvalue weighted by Crippen LogP contribution is -2.35. The van der Waals surface area contributed by atoms with Gasteiger partial charge in [0.1, 0.15) is 11.0 Å². The van der Waals surface area contributed by atoms with Crippen molar-refractivity contribution in [2.45, 2.75) is 39.2 Å². The number of likely N-dealkylation sites (tertiary alicyclic amines) is 1. The summed E-state index contributed by atoms with van der Waals surface area (Å²) in [6, 6.07) is 6.25. The quantitative estimate of drug-likeness (QED) is 0.803. The van der Waals surface area contributed by atoms with Gasteiger partial charge < -0.3 is 5.32 Å². The van der Waals surface area contributed by atoms with Crippen LogP contribution in [0.5, 0.6) is 0 Å². The van der Waals surface area contributed by atoms with Crippen molar-refractivity contribution in [3.05, 3.63) is 46.5 Å². The number of halogens is 2. The molecule has 0 radical (unpaired) electrons. The van der Waals surface area contributed by atoms with Gasteiger partial charge in [0.15, 0.2) is 0 Å². The maximum absolute atomic E-state index is 13.6. The molecule has 5 nitrogen and oxygen atoms in total. The van der Waals surface area contributed by atoms with Crippen LogP contribution in [0.15, 0.2) is 24.3 Å². The van der Waals surface area contributed by atoms with E-state index in [1.165, 1.54) is 6.07 Å². The molecule has 1 aromatic carbocycles. The number of nitrogens with one attached hydrogen (secondary N) is 1. The second kappa shape index (κ2) is 8.85. The first-order valence-electron chi connectivity index (χ1n) is 9.38. The lowest BCUT2D eigenvalue weighted by atomic mass is 9.93. The number of amides is 1. The van der Waals surface area contributed by atoms with E-state index in [0.717, 1.165) is 50.2 Å². The third kappa shape index (κ3) is 5.08. The van der Waals surface area contributed by atoms with E-state index in [1.54, 1.807) is 22.9 Å². The minimum absolute atomic E-state index is 0.136. The van der Waals surface area contributed by atoms with Crippen LogP contribution < -0.4 is 5.32 Å². The molecular weight excluding hydrogens is 367 g/mol. The molecule has 27 heavy (non-hydrogen) atoms. The number of hydrogen-bond acceptors (Lipinski definition) is 3. The van der Waals surface area contributed by atoms with E-state index in [1.807, 2.05) is 14.0 Å². The van der Waals surface area contributed by atoms with E-state index >= 15 is 0 Å². The minimum Gasteiger partial charge on any atom is -0.324 e. The molecule has 3 rings (SSSR count). The number of benzene rings is 1. The lowest BCUT2D eigenvalue weighted by molar-refractivity contribution is -0.116. The number of rotatable bonds is 6. The molecule has 7 heteroatoms. The Hall–Kier alpha value is -1.92. The first kappa shape index (κ1) is 19.8. The molecule has 1 atom stereocenters. The molecule has 2 heterocycles. The fourth-order valence-electron chi connectivity index (χ4n) is 3.72. The Morgan fingerprint density at radius 3 is 2.89 bits per heavy atom. The first-order valence-corrected chi connectivity index (χ1v) is 9.76. The molecule has 1 fully saturated rings. The van der Waals surface area contributed by atoms with Gasteiger partial charge in [0, 0.05) is 32.1 Å². The SMILES string of the molecule is Cc1nn(C)c(Cl)c1CN1CCC[C@@H](CCC(=O)Nc2ccccc2F)C1. The zero-order chi connectivity index (χ0) is 19.4. The van der Waals surface area contributed by atoms with Crippen LogP contribution in [-0.2, 0) is 18.4 Å². The monoisotopic (exact) mass is 392 g/mol. The number of aryl methyl sites for hydroxylation is 2. The molecule has 1 N–H and O–H groups in total. The third-order valence-corrected chi connectivity index (χ3v) is 5.66. The minimum atomic E-state index is -0.404. The summed E-state index contributed by atoms with van der Waals surface area (Å²) < 4.78 is 15.3. The van der Waals surface area contributed by atoms with Gasteiger partial charge >= 0.3 is 0 Å². The molecule has 0 bridgehead atoms. The van der Waals surface area contributed by atoms with E-state index < -0.39 is 5.82 Å². The topological polar surface area (TPSA) is 50.2 Å². The van der Waals surface area contributed by atoms with Crippen LogP contribution in [0.2, 0.25) is 5.15 Å². The maximum Gasteiger partial charge on any atom is 0.224 e. The zero-order valence-corrected chi connectivity index (χ0v) is 16.6. The first-order chi connectivity index (χ1) is 12.9. The van der Waals surface area contributed by atoms with Gasteiger partial charge in [-0.3, -0.25) is 14.4 Å². The summed E-state index contributed by atoms with van der Waals surface area (Å²) in [4.78, 5) is 14.5. The fourth-order valence-corrected chi connectivity index (χ4v) is 3.95. The summed E-state index contributed by atoms with van der Waals surface area (Å²) in [6.07, 6.45) is 3.43. The van der Waals surface area contributed by atoms with E-state index in [0.29, 0.717) is 17.5 Å². The Morgan fingerprint density at radius 1 is 1.41 bits per heavy atom. The average molecular weight is 393 g/mol. The molecule has 1 aliphatic heterocycles. The molecule has 1 saturated heterocycles. The molecule has 146 valence electrons. The molecule has 1 aromatic heterocycles. The molecule has 0 unspecified atom stereocenters. The van der Waals surface area contributed by atoms with Crippen LogP contribution in [0.3, 0.4) is 0 Å². The van der Waals surface area contributed by atoms with Crippen LogP contribution in [0, 0.1) is 18.7 Å². The molecular formula is C20H26ClFN4O. The Balaban J connectivity index is 1.49. The Labute approximate surface area is 164 Å². The lowest BCUT2D eigenvalue weighted by Gasteiger charge is -2.32. The number of nitrogens with zero attached hydrogens (tertiary/aromatic N) is 3. The van der Waals surface area contributed by atoms with Crippen molar-refractivity contribution in [2.24, 2.45) is 13.0 Å². The smallest absolute Gasteiger partial charge is 0.224 e. The van der Waals surface area contributed by atoms with E-state index in [-0.39, 0.29) is 11.6 Å². The molecule has 1 aliphatic rings. The standard InChI is InChI=1S/C20H26ClFN4O/c1-14-16(20(21)25(2)24-14)13-26-11-5-6-15(12-26)9-10-19(27)23-18-8-4-3-7-17(18)22/h3-4,7-8,15H,5-6,9-13H2,1-2H3,(H,23,27)/t15-/m0/s1. The second-order valence-electron chi connectivity index (χ2n) is 7.29. The van der Waals surface area contributed by atoms with Crippen molar-refractivity contribution in [1.29, 1.82) is 0 Å². The number of para-hydroxylation sites is 1. The number of hydrogen-bond donors (Lipinski definition) is 1. The number of aromatic nitrogens is 2. The van der Waals surface area contributed by atoms with Crippen molar-refractivity contribution in [3.8, 4) is 0 Å². The highest BCUT2D eigenvalue weighted by atomic mass is 35.5. The second-order valence-corrected chi connectivity index (χ2v) is 7.65. The molecule has 0 aliphatic carbocycles. The van der Waals surface area contributed by atoms with Gasteiger partial charge in [-0.25, -0.2) is 4.39 Å². The van der Waals surface area contributed by atoms with Crippen LogP contribution in [-0.4, -0.2) is 33.7 Å². The molecule has 0 saturated carbocycles. The fraction of sp³-hybridized carbons (Fsp3) is 0.500. The predicted octanol–water partition coefficient (Wildman–Crippen LogP) is 4.15.